The number of H-pyrrole nitrogens is 1. The van der Waals surface area contributed by atoms with E-state index in [9.17, 15) is 4.79 Å². The van der Waals surface area contributed by atoms with Gasteiger partial charge >= 0.3 is 0 Å². The van der Waals surface area contributed by atoms with Crippen molar-refractivity contribution in [2.24, 2.45) is 0 Å². The number of nitrogens with one attached hydrogen (secondary N) is 1. The fourth-order valence-electron chi connectivity index (χ4n) is 1.60. The molecule has 94 valence electrons. The van der Waals surface area contributed by atoms with Crippen molar-refractivity contribution in [2.45, 2.75) is 17.6 Å². The lowest BCUT2D eigenvalue weighted by atomic mass is 10.2. The van der Waals surface area contributed by atoms with E-state index in [0.29, 0.717) is 0 Å². The summed E-state index contributed by atoms with van der Waals surface area (Å²) in [6.45, 7) is 1.91. The monoisotopic (exact) mass is 261 g/mol. The third-order valence-electron chi connectivity index (χ3n) is 2.62. The molecule has 1 N–H and O–H groups in total. The number of benzene rings is 1. The summed E-state index contributed by atoms with van der Waals surface area (Å²) in [5.41, 5.74) is 2.09. The molecule has 2 rings (SSSR count). The molecule has 1 aromatic carbocycles. The van der Waals surface area contributed by atoms with Crippen LogP contribution < -0.4 is 10.3 Å². The van der Waals surface area contributed by atoms with Crippen molar-refractivity contribution >= 4 is 11.8 Å². The first-order valence-electron chi connectivity index (χ1n) is 5.64. The van der Waals surface area contributed by atoms with E-state index in [4.69, 9.17) is 4.74 Å². The predicted octanol–water partition coefficient (Wildman–Crippen LogP) is 2.98. The zero-order chi connectivity index (χ0) is 13.0. The standard InChI is InChI=1S/C14H15NO2S/c1-10-13(7-8-14(16)15-10)18-9-11-3-5-12(17-2)6-4-11/h3-8H,9H2,1-2H3,(H,15,16). The molecule has 0 saturated heterocycles. The van der Waals surface area contributed by atoms with Crippen molar-refractivity contribution in [3.8, 4) is 5.75 Å². The van der Waals surface area contributed by atoms with Gasteiger partial charge in [-0.3, -0.25) is 4.79 Å². The van der Waals surface area contributed by atoms with Gasteiger partial charge in [0.25, 0.3) is 0 Å². The Kier molecular flexibility index (Phi) is 4.10. The number of thioether (sulfide) groups is 1. The molecule has 4 heteroatoms. The van der Waals surface area contributed by atoms with Crippen LogP contribution in [0.15, 0.2) is 46.1 Å². The number of methoxy groups -OCH3 is 1. The van der Waals surface area contributed by atoms with Crippen molar-refractivity contribution in [1.82, 2.24) is 4.98 Å². The Bertz CT molecular complexity index is 575. The summed E-state index contributed by atoms with van der Waals surface area (Å²) >= 11 is 1.71. The lowest BCUT2D eigenvalue weighted by Crippen LogP contribution is -2.05. The topological polar surface area (TPSA) is 42.1 Å². The van der Waals surface area contributed by atoms with Gasteiger partial charge in [0, 0.05) is 22.4 Å². The maximum atomic E-state index is 11.1. The molecule has 0 aliphatic heterocycles. The lowest BCUT2D eigenvalue weighted by Gasteiger charge is -2.05. The highest BCUT2D eigenvalue weighted by atomic mass is 32.2. The minimum atomic E-state index is -0.0544. The van der Waals surface area contributed by atoms with Gasteiger partial charge in [-0.05, 0) is 30.7 Å². The van der Waals surface area contributed by atoms with E-state index in [1.807, 2.05) is 37.3 Å². The highest BCUT2D eigenvalue weighted by Gasteiger charge is 2.01. The molecular formula is C14H15NO2S. The van der Waals surface area contributed by atoms with Crippen molar-refractivity contribution in [1.29, 1.82) is 0 Å². The molecule has 1 heterocycles. The smallest absolute Gasteiger partial charge is 0.248 e. The summed E-state index contributed by atoms with van der Waals surface area (Å²) in [5.74, 6) is 1.74. The molecule has 3 nitrogen and oxygen atoms in total. The number of aryl methyl sites for hydroxylation is 1. The molecule has 0 aliphatic carbocycles. The van der Waals surface area contributed by atoms with Crippen LogP contribution in [-0.2, 0) is 5.75 Å². The Morgan fingerprint density at radius 2 is 1.89 bits per heavy atom. The lowest BCUT2D eigenvalue weighted by molar-refractivity contribution is 0.414. The van der Waals surface area contributed by atoms with E-state index in [2.05, 4.69) is 4.98 Å². The van der Waals surface area contributed by atoms with Gasteiger partial charge in [-0.15, -0.1) is 11.8 Å². The Hall–Kier alpha value is -1.68. The fourth-order valence-corrected chi connectivity index (χ4v) is 2.55. The molecule has 0 aliphatic rings. The van der Waals surface area contributed by atoms with Gasteiger partial charge in [0.05, 0.1) is 7.11 Å². The van der Waals surface area contributed by atoms with Crippen LogP contribution in [0.5, 0.6) is 5.75 Å². The first-order valence-corrected chi connectivity index (χ1v) is 6.63. The maximum absolute atomic E-state index is 11.1. The second kappa shape index (κ2) is 5.78. The van der Waals surface area contributed by atoms with Crippen molar-refractivity contribution in [2.75, 3.05) is 7.11 Å². The average Bonchev–Trinajstić information content (AvgIpc) is 2.38. The second-order valence-corrected chi connectivity index (χ2v) is 4.97. The molecule has 18 heavy (non-hydrogen) atoms. The predicted molar refractivity (Wildman–Crippen MR) is 74.4 cm³/mol. The van der Waals surface area contributed by atoms with Crippen molar-refractivity contribution in [3.05, 3.63) is 58.0 Å². The minimum absolute atomic E-state index is 0.0544. The first kappa shape index (κ1) is 12.8. The first-order chi connectivity index (χ1) is 8.69. The number of ether oxygens (including phenoxy) is 1. The number of hydrogen-bond acceptors (Lipinski definition) is 3. The van der Waals surface area contributed by atoms with Gasteiger partial charge in [0.2, 0.25) is 5.56 Å². The number of rotatable bonds is 4. The van der Waals surface area contributed by atoms with Crippen LogP contribution in [0.1, 0.15) is 11.3 Å². The Balaban J connectivity index is 2.04. The van der Waals surface area contributed by atoms with Crippen LogP contribution in [0, 0.1) is 6.92 Å². The van der Waals surface area contributed by atoms with E-state index in [1.165, 1.54) is 5.56 Å². The van der Waals surface area contributed by atoms with Crippen molar-refractivity contribution < 1.29 is 4.74 Å². The van der Waals surface area contributed by atoms with Crippen LogP contribution >= 0.6 is 11.8 Å². The summed E-state index contributed by atoms with van der Waals surface area (Å²) in [4.78, 5) is 15.0. The highest BCUT2D eigenvalue weighted by Crippen LogP contribution is 2.24. The average molecular weight is 261 g/mol. The Morgan fingerprint density at radius 3 is 2.50 bits per heavy atom. The quantitative estimate of drug-likeness (QED) is 0.860. The second-order valence-electron chi connectivity index (χ2n) is 3.95. The van der Waals surface area contributed by atoms with Crippen LogP contribution in [0.25, 0.3) is 0 Å². The normalized spacial score (nSPS) is 10.3. The highest BCUT2D eigenvalue weighted by molar-refractivity contribution is 7.98. The molecule has 0 radical (unpaired) electrons. The molecule has 0 bridgehead atoms. The van der Waals surface area contributed by atoms with Crippen LogP contribution in [-0.4, -0.2) is 12.1 Å². The molecule has 0 saturated carbocycles. The molecule has 0 unspecified atom stereocenters. The van der Waals surface area contributed by atoms with Gasteiger partial charge in [-0.1, -0.05) is 12.1 Å². The zero-order valence-corrected chi connectivity index (χ0v) is 11.2. The van der Waals surface area contributed by atoms with E-state index < -0.39 is 0 Å². The number of aromatic nitrogens is 1. The largest absolute Gasteiger partial charge is 0.497 e. The molecule has 0 amide bonds. The number of aromatic amines is 1. The van der Waals surface area contributed by atoms with Crippen molar-refractivity contribution in [3.63, 3.8) is 0 Å². The third kappa shape index (κ3) is 3.17. The van der Waals surface area contributed by atoms with E-state index in [0.717, 1.165) is 22.1 Å². The summed E-state index contributed by atoms with van der Waals surface area (Å²) < 4.78 is 5.12. The fraction of sp³-hybridized carbons (Fsp3) is 0.214. The third-order valence-corrected chi connectivity index (χ3v) is 3.85. The van der Waals surface area contributed by atoms with E-state index >= 15 is 0 Å². The summed E-state index contributed by atoms with van der Waals surface area (Å²) in [6.07, 6.45) is 0. The summed E-state index contributed by atoms with van der Waals surface area (Å²) in [7, 11) is 1.66. The molecule has 1 aromatic heterocycles. The van der Waals surface area contributed by atoms with Crippen LogP contribution in [0.2, 0.25) is 0 Å². The number of pyridine rings is 1. The molecule has 0 spiro atoms. The summed E-state index contributed by atoms with van der Waals surface area (Å²) in [5, 5.41) is 0. The molecule has 2 aromatic rings. The molecule has 0 atom stereocenters. The Morgan fingerprint density at radius 1 is 1.17 bits per heavy atom. The minimum Gasteiger partial charge on any atom is -0.497 e. The van der Waals surface area contributed by atoms with Crippen LogP contribution in [0.3, 0.4) is 0 Å². The van der Waals surface area contributed by atoms with Gasteiger partial charge < -0.3 is 9.72 Å². The van der Waals surface area contributed by atoms with Gasteiger partial charge in [0.15, 0.2) is 0 Å². The van der Waals surface area contributed by atoms with Gasteiger partial charge in [-0.25, -0.2) is 0 Å². The van der Waals surface area contributed by atoms with Crippen LogP contribution in [0.4, 0.5) is 0 Å². The van der Waals surface area contributed by atoms with Gasteiger partial charge in [0.1, 0.15) is 5.75 Å². The van der Waals surface area contributed by atoms with Gasteiger partial charge in [-0.2, -0.15) is 0 Å². The molecular weight excluding hydrogens is 246 g/mol. The Labute approximate surface area is 110 Å². The van der Waals surface area contributed by atoms with E-state index in [1.54, 1.807) is 24.9 Å². The number of hydrogen-bond donors (Lipinski definition) is 1. The SMILES string of the molecule is COc1ccc(CSc2ccc(=O)[nH]c2C)cc1. The maximum Gasteiger partial charge on any atom is 0.248 e. The molecule has 0 fully saturated rings. The summed E-state index contributed by atoms with van der Waals surface area (Å²) in [6, 6.07) is 11.4. The zero-order valence-electron chi connectivity index (χ0n) is 10.4. The van der Waals surface area contributed by atoms with E-state index in [-0.39, 0.29) is 5.56 Å².